The fourth-order valence-electron chi connectivity index (χ4n) is 3.36. The van der Waals surface area contributed by atoms with Crippen LogP contribution in [-0.4, -0.2) is 67.9 Å². The number of aliphatic hydroxyl groups excluding tert-OH is 3. The maximum absolute atomic E-state index is 10.3. The van der Waals surface area contributed by atoms with E-state index >= 15 is 0 Å². The molecule has 3 atom stereocenters. The molecule has 9 nitrogen and oxygen atoms in total. The molecule has 0 radical (unpaired) electrons. The number of benzene rings is 3. The van der Waals surface area contributed by atoms with Crippen LogP contribution >= 0.6 is 37.9 Å². The maximum Gasteiger partial charge on any atom is 0.303 e. The number of rotatable bonds is 14. The Morgan fingerprint density at radius 2 is 0.711 bits per heavy atom. The average Bonchev–Trinajstić information content (AvgIpc) is 3.06. The van der Waals surface area contributed by atoms with Crippen LogP contribution in [0.4, 0.5) is 0 Å². The van der Waals surface area contributed by atoms with Crippen molar-refractivity contribution in [3.63, 3.8) is 0 Å². The van der Waals surface area contributed by atoms with Crippen LogP contribution in [0.1, 0.15) is 71.0 Å². The minimum Gasteiger partial charge on any atom is -0.481 e. The molecule has 0 saturated heterocycles. The number of aliphatic carboxylic acids is 3. The third-order valence-electron chi connectivity index (χ3n) is 5.87. The van der Waals surface area contributed by atoms with E-state index in [1.807, 2.05) is 91.0 Å². The molecule has 3 unspecified atom stereocenters. The van der Waals surface area contributed by atoms with Gasteiger partial charge in [-0.2, -0.15) is 37.9 Å². The highest BCUT2D eigenvalue weighted by molar-refractivity contribution is 7.80. The number of carboxylic acids is 3. The Labute approximate surface area is 281 Å². The third-order valence-corrected chi connectivity index (χ3v) is 7.54. The number of carbonyl (C=O) groups is 3. The SMILES string of the molecule is O=C(O)CCC(S)c1ccccc1.O=C(O)CCC(S)c1ccccc1.O=C(O)CCC(S)c1ccccc1.OCC(O)CO. The summed E-state index contributed by atoms with van der Waals surface area (Å²) in [6.07, 6.45) is 1.27. The zero-order chi connectivity index (χ0) is 34.0. The molecule has 3 rings (SSSR count). The zero-order valence-electron chi connectivity index (χ0n) is 24.9. The largest absolute Gasteiger partial charge is 0.481 e. The lowest BCUT2D eigenvalue weighted by Crippen LogP contribution is -2.15. The quantitative estimate of drug-likeness (QED) is 0.0941. The summed E-state index contributed by atoms with van der Waals surface area (Å²) in [4.78, 5) is 30.9. The van der Waals surface area contributed by atoms with Crippen molar-refractivity contribution in [2.75, 3.05) is 13.2 Å². The van der Waals surface area contributed by atoms with E-state index in [0.29, 0.717) is 19.3 Å². The van der Waals surface area contributed by atoms with Gasteiger partial charge in [-0.05, 0) is 36.0 Å². The lowest BCUT2D eigenvalue weighted by atomic mass is 10.1. The predicted molar refractivity (Wildman–Crippen MR) is 185 cm³/mol. The van der Waals surface area contributed by atoms with Gasteiger partial charge in [0.2, 0.25) is 0 Å². The van der Waals surface area contributed by atoms with Crippen LogP contribution in [0.3, 0.4) is 0 Å². The molecule has 12 heteroatoms. The first kappa shape index (κ1) is 42.0. The highest BCUT2D eigenvalue weighted by Crippen LogP contribution is 2.26. The summed E-state index contributed by atoms with van der Waals surface area (Å²) >= 11 is 13.0. The normalized spacial score (nSPS) is 12.1. The second kappa shape index (κ2) is 26.2. The molecule has 0 aliphatic heterocycles. The average molecular weight is 681 g/mol. The molecule has 3 aromatic carbocycles. The van der Waals surface area contributed by atoms with Gasteiger partial charge in [0.05, 0.1) is 13.2 Å². The summed E-state index contributed by atoms with van der Waals surface area (Å²) in [6.45, 7) is -0.729. The fourth-order valence-corrected chi connectivity index (χ4v) is 4.27. The van der Waals surface area contributed by atoms with Crippen molar-refractivity contribution < 1.29 is 45.0 Å². The van der Waals surface area contributed by atoms with Gasteiger partial charge in [-0.15, -0.1) is 0 Å². The van der Waals surface area contributed by atoms with Gasteiger partial charge >= 0.3 is 17.9 Å². The molecule has 248 valence electrons. The molecular weight excluding hydrogens is 637 g/mol. The van der Waals surface area contributed by atoms with Gasteiger partial charge < -0.3 is 30.6 Å². The molecular formula is C33H44O9S3. The van der Waals surface area contributed by atoms with E-state index in [4.69, 9.17) is 30.6 Å². The van der Waals surface area contributed by atoms with E-state index in [1.54, 1.807) is 0 Å². The van der Waals surface area contributed by atoms with Crippen LogP contribution in [0.5, 0.6) is 0 Å². The van der Waals surface area contributed by atoms with E-state index in [0.717, 1.165) is 16.7 Å². The number of hydrogen-bond acceptors (Lipinski definition) is 9. The van der Waals surface area contributed by atoms with E-state index in [9.17, 15) is 14.4 Å². The van der Waals surface area contributed by atoms with Crippen LogP contribution in [0, 0.1) is 0 Å². The summed E-state index contributed by atoms with van der Waals surface area (Å²) in [6, 6.07) is 29.1. The molecule has 6 N–H and O–H groups in total. The Hall–Kier alpha value is -3.00. The molecule has 0 aliphatic carbocycles. The lowest BCUT2D eigenvalue weighted by Gasteiger charge is -2.08. The molecule has 0 amide bonds. The molecule has 0 heterocycles. The van der Waals surface area contributed by atoms with Crippen molar-refractivity contribution in [2.24, 2.45) is 0 Å². The molecule has 0 aliphatic rings. The highest BCUT2D eigenvalue weighted by Gasteiger charge is 2.09. The summed E-state index contributed by atoms with van der Waals surface area (Å²) in [5.41, 5.74) is 3.23. The van der Waals surface area contributed by atoms with Crippen molar-refractivity contribution in [3.05, 3.63) is 108 Å². The van der Waals surface area contributed by atoms with Gasteiger partial charge in [-0.25, -0.2) is 0 Å². The summed E-state index contributed by atoms with van der Waals surface area (Å²) in [5, 5.41) is 49.5. The molecule has 3 aromatic rings. The highest BCUT2D eigenvalue weighted by atomic mass is 32.1. The summed E-state index contributed by atoms with van der Waals surface area (Å²) in [5.74, 6) is -2.31. The predicted octanol–water partition coefficient (Wildman–Crippen LogP) is 5.90. The Balaban J connectivity index is 0.000000593. The monoisotopic (exact) mass is 680 g/mol. The van der Waals surface area contributed by atoms with Crippen molar-refractivity contribution in [1.29, 1.82) is 0 Å². The van der Waals surface area contributed by atoms with Crippen LogP contribution < -0.4 is 0 Å². The molecule has 0 aromatic heterocycles. The second-order valence-corrected chi connectivity index (χ2v) is 11.5. The third kappa shape index (κ3) is 23.1. The lowest BCUT2D eigenvalue weighted by molar-refractivity contribution is -0.138. The number of hydrogen-bond donors (Lipinski definition) is 9. The first-order valence-electron chi connectivity index (χ1n) is 14.1. The number of aliphatic hydroxyl groups is 3. The van der Waals surface area contributed by atoms with Gasteiger partial charge in [-0.1, -0.05) is 91.0 Å². The first-order valence-corrected chi connectivity index (χ1v) is 15.7. The second-order valence-electron chi connectivity index (χ2n) is 9.60. The molecule has 0 saturated carbocycles. The van der Waals surface area contributed by atoms with Crippen LogP contribution in [-0.2, 0) is 14.4 Å². The van der Waals surface area contributed by atoms with Gasteiger partial charge in [0, 0.05) is 35.0 Å². The summed E-state index contributed by atoms with van der Waals surface area (Å²) < 4.78 is 0. The molecule has 0 bridgehead atoms. The smallest absolute Gasteiger partial charge is 0.303 e. The molecule has 0 spiro atoms. The Bertz CT molecular complexity index is 1040. The van der Waals surface area contributed by atoms with Crippen LogP contribution in [0.2, 0.25) is 0 Å². The van der Waals surface area contributed by atoms with E-state index in [-0.39, 0.29) is 48.2 Å². The fraction of sp³-hybridized carbons (Fsp3) is 0.364. The van der Waals surface area contributed by atoms with Gasteiger partial charge in [-0.3, -0.25) is 14.4 Å². The number of carboxylic acid groups (broad SMARTS) is 3. The molecule has 0 fully saturated rings. The van der Waals surface area contributed by atoms with E-state index in [1.165, 1.54) is 0 Å². The zero-order valence-corrected chi connectivity index (χ0v) is 27.6. The Morgan fingerprint density at radius 3 is 0.867 bits per heavy atom. The van der Waals surface area contributed by atoms with E-state index in [2.05, 4.69) is 37.9 Å². The van der Waals surface area contributed by atoms with Crippen molar-refractivity contribution in [2.45, 2.75) is 60.4 Å². The van der Waals surface area contributed by atoms with Crippen LogP contribution in [0.25, 0.3) is 0 Å². The van der Waals surface area contributed by atoms with Gasteiger partial charge in [0.25, 0.3) is 0 Å². The molecule has 45 heavy (non-hydrogen) atoms. The van der Waals surface area contributed by atoms with E-state index < -0.39 is 24.0 Å². The first-order chi connectivity index (χ1) is 21.4. The Kier molecular flexibility index (Phi) is 24.5. The van der Waals surface area contributed by atoms with Crippen molar-refractivity contribution in [3.8, 4) is 0 Å². The standard InChI is InChI=1S/3C10H12O2S.C3H8O3/c3*11-10(12)7-6-9(13)8-4-2-1-3-5-8;4-1-3(6)2-5/h3*1-5,9,13H,6-7H2,(H,11,12);3-6H,1-2H2. The van der Waals surface area contributed by atoms with Crippen molar-refractivity contribution >= 4 is 55.8 Å². The minimum atomic E-state index is -0.954. The number of thiol groups is 3. The minimum absolute atomic E-state index is 0.0253. The van der Waals surface area contributed by atoms with Crippen molar-refractivity contribution in [1.82, 2.24) is 0 Å². The van der Waals surface area contributed by atoms with Crippen LogP contribution in [0.15, 0.2) is 91.0 Å². The van der Waals surface area contributed by atoms with Gasteiger partial charge in [0.15, 0.2) is 0 Å². The topological polar surface area (TPSA) is 173 Å². The maximum atomic E-state index is 10.3. The summed E-state index contributed by atoms with van der Waals surface area (Å²) in [7, 11) is 0. The van der Waals surface area contributed by atoms with Gasteiger partial charge in [0.1, 0.15) is 6.10 Å². The Morgan fingerprint density at radius 1 is 0.489 bits per heavy atom.